The molecule has 1 rings (SSSR count). The van der Waals surface area contributed by atoms with Crippen molar-refractivity contribution in [2.45, 2.75) is 45.1 Å². The molecule has 82 valence electrons. The maximum Gasteiger partial charge on any atom is 0.300 e. The molecule has 1 aliphatic carbocycles. The van der Waals surface area contributed by atoms with E-state index in [1.807, 2.05) is 0 Å². The Labute approximate surface area is 84.2 Å². The summed E-state index contributed by atoms with van der Waals surface area (Å²) in [5.74, 6) is -0.591. The molecule has 0 atom stereocenters. The lowest BCUT2D eigenvalue weighted by Crippen LogP contribution is -2.26. The van der Waals surface area contributed by atoms with Crippen LogP contribution >= 0.6 is 0 Å². The fourth-order valence-electron chi connectivity index (χ4n) is 1.42. The Morgan fingerprint density at radius 2 is 1.71 bits per heavy atom. The first-order valence-corrected chi connectivity index (χ1v) is 4.80. The van der Waals surface area contributed by atoms with Crippen molar-refractivity contribution in [1.29, 1.82) is 0 Å². The van der Waals surface area contributed by atoms with Gasteiger partial charge < -0.3 is 16.6 Å². The van der Waals surface area contributed by atoms with Gasteiger partial charge in [-0.15, -0.1) is 0 Å². The van der Waals surface area contributed by atoms with Gasteiger partial charge in [-0.25, -0.2) is 0 Å². The van der Waals surface area contributed by atoms with Crippen LogP contribution in [-0.2, 0) is 4.79 Å². The highest BCUT2D eigenvalue weighted by Gasteiger charge is 2.11. The molecule has 0 aromatic rings. The van der Waals surface area contributed by atoms with Gasteiger partial charge in [-0.3, -0.25) is 9.79 Å². The van der Waals surface area contributed by atoms with Gasteiger partial charge in [-0.05, 0) is 12.8 Å². The van der Waals surface area contributed by atoms with E-state index >= 15 is 0 Å². The summed E-state index contributed by atoms with van der Waals surface area (Å²) in [6.45, 7) is 1.08. The minimum atomic E-state index is -0.833. The number of nitrogens with zero attached hydrogens (tertiary/aromatic N) is 1. The summed E-state index contributed by atoms with van der Waals surface area (Å²) in [6.07, 6.45) is 6.23. The Morgan fingerprint density at radius 3 is 2.07 bits per heavy atom. The van der Waals surface area contributed by atoms with E-state index in [0.717, 1.165) is 19.8 Å². The van der Waals surface area contributed by atoms with Crippen LogP contribution in [0, 0.1) is 0 Å². The van der Waals surface area contributed by atoms with Crippen LogP contribution in [0.4, 0.5) is 0 Å². The molecule has 5 N–H and O–H groups in total. The Bertz CT molecular complexity index is 190. The molecule has 0 heterocycles. The Hall–Kier alpha value is -1.26. The van der Waals surface area contributed by atoms with Crippen LogP contribution in [0.3, 0.4) is 0 Å². The van der Waals surface area contributed by atoms with Gasteiger partial charge in [0.2, 0.25) is 0 Å². The molecule has 1 fully saturated rings. The maximum absolute atomic E-state index is 9.00. The van der Waals surface area contributed by atoms with Gasteiger partial charge in [-0.2, -0.15) is 0 Å². The third kappa shape index (κ3) is 8.83. The highest BCUT2D eigenvalue weighted by atomic mass is 16.4. The summed E-state index contributed by atoms with van der Waals surface area (Å²) in [5.41, 5.74) is 10.5. The topological polar surface area (TPSA) is 102 Å². The van der Waals surface area contributed by atoms with Crippen molar-refractivity contribution in [3.8, 4) is 0 Å². The largest absolute Gasteiger partial charge is 0.481 e. The van der Waals surface area contributed by atoms with E-state index in [1.165, 1.54) is 19.3 Å². The van der Waals surface area contributed by atoms with E-state index in [-0.39, 0.29) is 5.96 Å². The van der Waals surface area contributed by atoms with Crippen molar-refractivity contribution >= 4 is 11.9 Å². The monoisotopic (exact) mass is 201 g/mol. The van der Waals surface area contributed by atoms with Crippen LogP contribution in [0.15, 0.2) is 4.99 Å². The Balaban J connectivity index is 0.000000364. The third-order valence-corrected chi connectivity index (χ3v) is 1.91. The van der Waals surface area contributed by atoms with Crippen LogP contribution in [0.2, 0.25) is 0 Å². The second-order valence-corrected chi connectivity index (χ2v) is 3.36. The molecule has 0 bridgehead atoms. The first kappa shape index (κ1) is 12.7. The number of hydrogen-bond acceptors (Lipinski definition) is 2. The van der Waals surface area contributed by atoms with Crippen LogP contribution in [0.1, 0.15) is 39.0 Å². The lowest BCUT2D eigenvalue weighted by Gasteiger charge is -2.17. The second kappa shape index (κ2) is 7.17. The van der Waals surface area contributed by atoms with Gasteiger partial charge in [0.25, 0.3) is 5.97 Å². The molecule has 0 aromatic carbocycles. The van der Waals surface area contributed by atoms with E-state index in [0.29, 0.717) is 6.04 Å². The second-order valence-electron chi connectivity index (χ2n) is 3.36. The lowest BCUT2D eigenvalue weighted by molar-refractivity contribution is -0.134. The minimum absolute atomic E-state index is 0.243. The van der Waals surface area contributed by atoms with Crippen molar-refractivity contribution < 1.29 is 9.90 Å². The Morgan fingerprint density at radius 1 is 1.29 bits per heavy atom. The summed E-state index contributed by atoms with van der Waals surface area (Å²) in [4.78, 5) is 13.1. The molecule has 0 aliphatic heterocycles. The van der Waals surface area contributed by atoms with Crippen molar-refractivity contribution in [3.63, 3.8) is 0 Å². The van der Waals surface area contributed by atoms with Gasteiger partial charge in [0.1, 0.15) is 0 Å². The predicted octanol–water partition coefficient (Wildman–Crippen LogP) is 0.683. The SMILES string of the molecule is CC(=O)O.NC(N)=NC1CCCCC1. The van der Waals surface area contributed by atoms with Crippen molar-refractivity contribution in [2.75, 3.05) is 0 Å². The molecule has 0 aromatic heterocycles. The first-order chi connectivity index (χ1) is 6.52. The number of rotatable bonds is 1. The molecule has 0 radical (unpaired) electrons. The van der Waals surface area contributed by atoms with Gasteiger partial charge in [0.15, 0.2) is 5.96 Å². The molecule has 1 aliphatic rings. The maximum atomic E-state index is 9.00. The van der Waals surface area contributed by atoms with Crippen molar-refractivity contribution in [3.05, 3.63) is 0 Å². The average molecular weight is 201 g/mol. The molecular weight excluding hydrogens is 182 g/mol. The first-order valence-electron chi connectivity index (χ1n) is 4.80. The van der Waals surface area contributed by atoms with Crippen LogP contribution in [-0.4, -0.2) is 23.1 Å². The lowest BCUT2D eigenvalue weighted by atomic mass is 9.96. The smallest absolute Gasteiger partial charge is 0.300 e. The molecular formula is C9H19N3O2. The quantitative estimate of drug-likeness (QED) is 0.429. The van der Waals surface area contributed by atoms with Gasteiger partial charge in [0, 0.05) is 6.92 Å². The summed E-state index contributed by atoms with van der Waals surface area (Å²) in [5, 5.41) is 7.42. The molecule has 0 spiro atoms. The van der Waals surface area contributed by atoms with E-state index in [2.05, 4.69) is 4.99 Å². The number of aliphatic imine (C=N–C) groups is 1. The number of nitrogens with two attached hydrogens (primary N) is 2. The molecule has 5 heteroatoms. The van der Waals surface area contributed by atoms with Crippen molar-refractivity contribution in [1.82, 2.24) is 0 Å². The zero-order chi connectivity index (χ0) is 11.0. The molecule has 1 saturated carbocycles. The fourth-order valence-corrected chi connectivity index (χ4v) is 1.42. The normalized spacial score (nSPS) is 16.4. The van der Waals surface area contributed by atoms with Crippen LogP contribution < -0.4 is 11.5 Å². The van der Waals surface area contributed by atoms with Gasteiger partial charge in [0.05, 0.1) is 6.04 Å². The summed E-state index contributed by atoms with van der Waals surface area (Å²) >= 11 is 0. The Kier molecular flexibility index (Phi) is 6.53. The highest BCUT2D eigenvalue weighted by molar-refractivity contribution is 5.75. The highest BCUT2D eigenvalue weighted by Crippen LogP contribution is 2.19. The number of guanidine groups is 1. The van der Waals surface area contributed by atoms with Crippen LogP contribution in [0.5, 0.6) is 0 Å². The molecule has 0 amide bonds. The molecule has 0 unspecified atom stereocenters. The number of carboxylic acid groups (broad SMARTS) is 1. The average Bonchev–Trinajstić information content (AvgIpc) is 2.03. The molecule has 0 saturated heterocycles. The zero-order valence-electron chi connectivity index (χ0n) is 8.57. The number of carbonyl (C=O) groups is 1. The molecule has 14 heavy (non-hydrogen) atoms. The van der Waals surface area contributed by atoms with Gasteiger partial charge >= 0.3 is 0 Å². The standard InChI is InChI=1S/C7H15N3.C2H4O2/c8-7(9)10-6-4-2-1-3-5-6;1-2(3)4/h6H,1-5H2,(H4,8,9,10);1H3,(H,3,4). The zero-order valence-corrected chi connectivity index (χ0v) is 8.57. The summed E-state index contributed by atoms with van der Waals surface area (Å²) in [7, 11) is 0. The summed E-state index contributed by atoms with van der Waals surface area (Å²) < 4.78 is 0. The van der Waals surface area contributed by atoms with E-state index in [9.17, 15) is 0 Å². The van der Waals surface area contributed by atoms with Crippen molar-refractivity contribution in [2.24, 2.45) is 16.5 Å². The van der Waals surface area contributed by atoms with E-state index in [1.54, 1.807) is 0 Å². The van der Waals surface area contributed by atoms with Gasteiger partial charge in [-0.1, -0.05) is 19.3 Å². The molecule has 5 nitrogen and oxygen atoms in total. The number of carboxylic acids is 1. The third-order valence-electron chi connectivity index (χ3n) is 1.91. The predicted molar refractivity (Wildman–Crippen MR) is 56.0 cm³/mol. The van der Waals surface area contributed by atoms with E-state index in [4.69, 9.17) is 21.4 Å². The summed E-state index contributed by atoms with van der Waals surface area (Å²) in [6, 6.07) is 0.416. The minimum Gasteiger partial charge on any atom is -0.481 e. The number of hydrogen-bond donors (Lipinski definition) is 3. The number of aliphatic carboxylic acids is 1. The van der Waals surface area contributed by atoms with Crippen LogP contribution in [0.25, 0.3) is 0 Å². The fraction of sp³-hybridized carbons (Fsp3) is 0.778. The van der Waals surface area contributed by atoms with E-state index < -0.39 is 5.97 Å².